The van der Waals surface area contributed by atoms with E-state index in [2.05, 4.69) is 12.2 Å². The van der Waals surface area contributed by atoms with Crippen LogP contribution >= 0.6 is 0 Å². The van der Waals surface area contributed by atoms with Crippen molar-refractivity contribution in [2.75, 3.05) is 37.0 Å². The molecule has 0 unspecified atom stereocenters. The highest BCUT2D eigenvalue weighted by atomic mass is 32.2. The maximum absolute atomic E-state index is 13.3. The van der Waals surface area contributed by atoms with Gasteiger partial charge in [-0.3, -0.25) is 13.9 Å². The lowest BCUT2D eigenvalue weighted by molar-refractivity contribution is -0.139. The molecule has 1 N–H and O–H groups in total. The number of amides is 2. The molecule has 1 atom stereocenters. The van der Waals surface area contributed by atoms with Crippen LogP contribution in [0.2, 0.25) is 0 Å². The van der Waals surface area contributed by atoms with Crippen molar-refractivity contribution in [3.05, 3.63) is 54.1 Å². The maximum atomic E-state index is 13.3. The predicted molar refractivity (Wildman–Crippen MR) is 143 cm³/mol. The number of fused-ring (bicyclic) bond motifs is 1. The van der Waals surface area contributed by atoms with E-state index in [1.807, 2.05) is 30.3 Å². The van der Waals surface area contributed by atoms with Gasteiger partial charge < -0.3 is 19.7 Å². The number of rotatable bonds is 14. The van der Waals surface area contributed by atoms with E-state index in [9.17, 15) is 18.0 Å². The molecule has 0 fully saturated rings. The lowest BCUT2D eigenvalue weighted by Gasteiger charge is -2.29. The summed E-state index contributed by atoms with van der Waals surface area (Å²) in [5.41, 5.74) is 1.52. The zero-order valence-corrected chi connectivity index (χ0v) is 22.6. The van der Waals surface area contributed by atoms with Gasteiger partial charge in [0.1, 0.15) is 6.04 Å². The van der Waals surface area contributed by atoms with E-state index in [-0.39, 0.29) is 31.6 Å². The Bertz CT molecular complexity index is 1160. The van der Waals surface area contributed by atoms with Crippen LogP contribution in [-0.4, -0.2) is 63.9 Å². The van der Waals surface area contributed by atoms with Gasteiger partial charge in [-0.1, -0.05) is 43.7 Å². The van der Waals surface area contributed by atoms with Crippen LogP contribution in [0, 0.1) is 0 Å². The molecular weight excluding hydrogens is 494 g/mol. The van der Waals surface area contributed by atoms with E-state index in [1.165, 1.54) is 4.31 Å². The van der Waals surface area contributed by atoms with Gasteiger partial charge in [0.25, 0.3) is 0 Å². The predicted octanol–water partition coefficient (Wildman–Crippen LogP) is 3.34. The van der Waals surface area contributed by atoms with Crippen LogP contribution in [0.1, 0.15) is 45.1 Å². The summed E-state index contributed by atoms with van der Waals surface area (Å²) in [6, 6.07) is 14.1. The number of anilines is 1. The van der Waals surface area contributed by atoms with Crippen molar-refractivity contribution in [3.63, 3.8) is 0 Å². The molecular formula is C27H37N3O6S. The molecule has 3 rings (SSSR count). The number of unbranched alkanes of at least 4 members (excludes halogenated alkanes) is 1. The zero-order valence-electron chi connectivity index (χ0n) is 21.8. The van der Waals surface area contributed by atoms with Gasteiger partial charge in [0.05, 0.1) is 11.9 Å². The Labute approximate surface area is 219 Å². The Morgan fingerprint density at radius 2 is 1.76 bits per heavy atom. The van der Waals surface area contributed by atoms with E-state index in [0.717, 1.165) is 24.7 Å². The summed E-state index contributed by atoms with van der Waals surface area (Å²) in [7, 11) is -3.59. The minimum Gasteiger partial charge on any atom is -0.454 e. The monoisotopic (exact) mass is 531 g/mol. The number of nitrogens with one attached hydrogen (secondary N) is 1. The first-order chi connectivity index (χ1) is 17.7. The second kappa shape index (κ2) is 13.3. The quantitative estimate of drug-likeness (QED) is 0.375. The first-order valence-electron chi connectivity index (χ1n) is 12.7. The minimum atomic E-state index is -3.59. The van der Waals surface area contributed by atoms with E-state index < -0.39 is 16.1 Å². The van der Waals surface area contributed by atoms with Crippen molar-refractivity contribution in [1.82, 2.24) is 10.2 Å². The van der Waals surface area contributed by atoms with Gasteiger partial charge in [-0.15, -0.1) is 0 Å². The number of ether oxygens (including phenoxy) is 2. The molecule has 0 spiro atoms. The molecule has 202 valence electrons. The van der Waals surface area contributed by atoms with E-state index >= 15 is 0 Å². The van der Waals surface area contributed by atoms with Gasteiger partial charge in [0.2, 0.25) is 28.6 Å². The molecule has 0 aliphatic carbocycles. The third-order valence-electron chi connectivity index (χ3n) is 6.28. The first kappa shape index (κ1) is 28.3. The lowest BCUT2D eigenvalue weighted by atomic mass is 10.1. The fourth-order valence-electron chi connectivity index (χ4n) is 4.15. The van der Waals surface area contributed by atoms with Gasteiger partial charge >= 0.3 is 0 Å². The molecule has 0 bridgehead atoms. The summed E-state index contributed by atoms with van der Waals surface area (Å²) < 4.78 is 37.0. The maximum Gasteiger partial charge on any atom is 0.242 e. The molecule has 2 amide bonds. The van der Waals surface area contributed by atoms with Crippen molar-refractivity contribution >= 4 is 27.5 Å². The third kappa shape index (κ3) is 8.11. The van der Waals surface area contributed by atoms with Crippen LogP contribution in [0.15, 0.2) is 48.5 Å². The summed E-state index contributed by atoms with van der Waals surface area (Å²) in [5, 5.41) is 2.91. The number of hydrogen-bond donors (Lipinski definition) is 1. The fraction of sp³-hybridized carbons (Fsp3) is 0.481. The lowest BCUT2D eigenvalue weighted by Crippen LogP contribution is -2.49. The number of benzene rings is 2. The van der Waals surface area contributed by atoms with Crippen LogP contribution in [0.25, 0.3) is 0 Å². The standard InChI is InChI=1S/C27H37N3O6S/c1-4-5-16-28-27(32)21(2)29(18-15-22-10-7-6-8-11-22)26(31)12-9-17-30(37(3,33)34)23-13-14-24-25(19-23)36-20-35-24/h6-8,10-11,13-14,19,21H,4-5,9,12,15-18,20H2,1-3H3,(H,28,32)/t21-/m1/s1. The van der Waals surface area contributed by atoms with Crippen molar-refractivity contribution < 1.29 is 27.5 Å². The smallest absolute Gasteiger partial charge is 0.242 e. The molecule has 10 heteroatoms. The molecule has 0 radical (unpaired) electrons. The van der Waals surface area contributed by atoms with Crippen LogP contribution in [-0.2, 0) is 26.0 Å². The molecule has 2 aromatic carbocycles. The van der Waals surface area contributed by atoms with Gasteiger partial charge in [0.15, 0.2) is 11.5 Å². The topological polar surface area (TPSA) is 105 Å². The van der Waals surface area contributed by atoms with E-state index in [4.69, 9.17) is 9.47 Å². The first-order valence-corrected chi connectivity index (χ1v) is 14.5. The Morgan fingerprint density at radius 1 is 1.03 bits per heavy atom. The van der Waals surface area contributed by atoms with Gasteiger partial charge in [0, 0.05) is 32.1 Å². The molecule has 0 aromatic heterocycles. The van der Waals surface area contributed by atoms with Gasteiger partial charge in [-0.05, 0) is 43.9 Å². The highest BCUT2D eigenvalue weighted by molar-refractivity contribution is 7.92. The highest BCUT2D eigenvalue weighted by Gasteiger charge is 2.26. The average molecular weight is 532 g/mol. The van der Waals surface area contributed by atoms with Crippen molar-refractivity contribution in [2.24, 2.45) is 0 Å². The Kier molecular flexibility index (Phi) is 10.2. The van der Waals surface area contributed by atoms with Crippen molar-refractivity contribution in [2.45, 2.75) is 52.0 Å². The van der Waals surface area contributed by atoms with E-state index in [0.29, 0.717) is 43.1 Å². The SMILES string of the molecule is CCCCNC(=O)[C@@H](C)N(CCc1ccccc1)C(=O)CCCN(c1ccc2c(c1)OCO2)S(C)(=O)=O. The minimum absolute atomic E-state index is 0.0924. The molecule has 1 heterocycles. The second-order valence-electron chi connectivity index (χ2n) is 9.12. The van der Waals surface area contributed by atoms with Crippen LogP contribution in [0.4, 0.5) is 5.69 Å². The summed E-state index contributed by atoms with van der Waals surface area (Å²) in [5.74, 6) is 0.672. The molecule has 9 nitrogen and oxygen atoms in total. The summed E-state index contributed by atoms with van der Waals surface area (Å²) in [4.78, 5) is 27.7. The Morgan fingerprint density at radius 3 is 2.46 bits per heavy atom. The molecule has 1 aliphatic rings. The summed E-state index contributed by atoms with van der Waals surface area (Å²) in [6.07, 6.45) is 3.99. The molecule has 37 heavy (non-hydrogen) atoms. The van der Waals surface area contributed by atoms with E-state index in [1.54, 1.807) is 30.0 Å². The normalized spacial score (nSPS) is 13.2. The molecule has 0 saturated carbocycles. The van der Waals surface area contributed by atoms with Crippen molar-refractivity contribution in [3.8, 4) is 11.5 Å². The zero-order chi connectivity index (χ0) is 26.8. The van der Waals surface area contributed by atoms with Gasteiger partial charge in [-0.2, -0.15) is 0 Å². The number of carbonyl (C=O) groups excluding carboxylic acids is 2. The van der Waals surface area contributed by atoms with Crippen molar-refractivity contribution in [1.29, 1.82) is 0 Å². The molecule has 0 saturated heterocycles. The number of nitrogens with zero attached hydrogens (tertiary/aromatic N) is 2. The second-order valence-corrected chi connectivity index (χ2v) is 11.0. The number of sulfonamides is 1. The largest absolute Gasteiger partial charge is 0.454 e. The van der Waals surface area contributed by atoms with Gasteiger partial charge in [-0.25, -0.2) is 8.42 Å². The Balaban J connectivity index is 1.66. The highest BCUT2D eigenvalue weighted by Crippen LogP contribution is 2.36. The summed E-state index contributed by atoms with van der Waals surface area (Å²) >= 11 is 0. The van der Waals surface area contributed by atoms with Crippen LogP contribution in [0.5, 0.6) is 11.5 Å². The van der Waals surface area contributed by atoms with Crippen LogP contribution < -0.4 is 19.1 Å². The average Bonchev–Trinajstić information content (AvgIpc) is 3.34. The molecule has 2 aromatic rings. The summed E-state index contributed by atoms with van der Waals surface area (Å²) in [6.45, 7) is 4.96. The molecule has 1 aliphatic heterocycles. The third-order valence-corrected chi connectivity index (χ3v) is 7.47. The number of hydrogen-bond acceptors (Lipinski definition) is 6. The Hall–Kier alpha value is -3.27. The number of carbonyl (C=O) groups is 2. The van der Waals surface area contributed by atoms with Crippen LogP contribution in [0.3, 0.4) is 0 Å². The fourth-order valence-corrected chi connectivity index (χ4v) is 5.11.